The summed E-state index contributed by atoms with van der Waals surface area (Å²) >= 11 is 1.66. The molecule has 0 saturated carbocycles. The number of hydrogen-bond acceptors (Lipinski definition) is 2. The van der Waals surface area contributed by atoms with Gasteiger partial charge in [-0.2, -0.15) is 0 Å². The van der Waals surface area contributed by atoms with Crippen LogP contribution >= 0.6 is 11.3 Å². The number of furan rings is 1. The fraction of sp³-hybridized carbons (Fsp3) is 0.250. The van der Waals surface area contributed by atoms with Gasteiger partial charge in [0.1, 0.15) is 5.76 Å². The molecule has 2 heteroatoms. The van der Waals surface area contributed by atoms with Crippen molar-refractivity contribution in [2.75, 3.05) is 0 Å². The van der Waals surface area contributed by atoms with Gasteiger partial charge >= 0.3 is 0 Å². The van der Waals surface area contributed by atoms with Crippen molar-refractivity contribution in [2.24, 2.45) is 0 Å². The van der Waals surface area contributed by atoms with Crippen LogP contribution in [0.3, 0.4) is 0 Å². The van der Waals surface area contributed by atoms with E-state index < -0.39 is 0 Å². The number of fused-ring (bicyclic) bond motifs is 1. The molecule has 2 aromatic heterocycles. The molecule has 0 unspecified atom stereocenters. The zero-order valence-corrected chi connectivity index (χ0v) is 6.79. The lowest BCUT2D eigenvalue weighted by atomic mass is 10.2. The Bertz CT molecular complexity index is 356. The van der Waals surface area contributed by atoms with E-state index in [0.717, 1.165) is 10.7 Å². The molecule has 2 rings (SSSR count). The van der Waals surface area contributed by atoms with E-state index in [1.54, 1.807) is 11.3 Å². The zero-order valence-electron chi connectivity index (χ0n) is 5.97. The second kappa shape index (κ2) is 1.86. The number of aryl methyl sites for hydroxylation is 2. The van der Waals surface area contributed by atoms with Gasteiger partial charge in [0, 0.05) is 5.39 Å². The van der Waals surface area contributed by atoms with Gasteiger partial charge < -0.3 is 4.42 Å². The highest BCUT2D eigenvalue weighted by atomic mass is 32.1. The molecular formula is C8H8OS. The van der Waals surface area contributed by atoms with Gasteiger partial charge in [-0.25, -0.2) is 0 Å². The molecule has 2 heterocycles. The van der Waals surface area contributed by atoms with Crippen molar-refractivity contribution in [1.82, 2.24) is 0 Å². The van der Waals surface area contributed by atoms with E-state index in [1.807, 2.05) is 6.92 Å². The highest BCUT2D eigenvalue weighted by Gasteiger charge is 2.05. The Labute approximate surface area is 63.3 Å². The van der Waals surface area contributed by atoms with E-state index in [9.17, 15) is 0 Å². The molecule has 0 radical (unpaired) electrons. The number of thiophene rings is 1. The summed E-state index contributed by atoms with van der Waals surface area (Å²) < 4.78 is 5.46. The van der Waals surface area contributed by atoms with Gasteiger partial charge in [-0.1, -0.05) is 0 Å². The maximum Gasteiger partial charge on any atom is 0.188 e. The van der Waals surface area contributed by atoms with Gasteiger partial charge in [0.25, 0.3) is 0 Å². The Hall–Kier alpha value is -0.760. The minimum atomic E-state index is 1.04. The van der Waals surface area contributed by atoms with Crippen LogP contribution in [0.1, 0.15) is 11.3 Å². The van der Waals surface area contributed by atoms with E-state index in [2.05, 4.69) is 18.4 Å². The molecule has 0 aliphatic rings. The second-order valence-electron chi connectivity index (χ2n) is 2.40. The Morgan fingerprint density at radius 1 is 1.40 bits per heavy atom. The fourth-order valence-corrected chi connectivity index (χ4v) is 1.91. The van der Waals surface area contributed by atoms with Crippen molar-refractivity contribution in [3.05, 3.63) is 22.8 Å². The van der Waals surface area contributed by atoms with E-state index in [4.69, 9.17) is 4.42 Å². The first-order chi connectivity index (χ1) is 4.79. The lowest BCUT2D eigenvalue weighted by molar-refractivity contribution is 0.582. The Balaban J connectivity index is 2.95. The summed E-state index contributed by atoms with van der Waals surface area (Å²) in [6.07, 6.45) is 0. The molecule has 0 atom stereocenters. The standard InChI is InChI=1S/C8H8OS/c1-5-6(2)9-8-7(5)3-4-10-8/h3-4H,1-2H3. The fourth-order valence-electron chi connectivity index (χ4n) is 1.06. The molecule has 0 amide bonds. The lowest BCUT2D eigenvalue weighted by Crippen LogP contribution is -1.66. The largest absolute Gasteiger partial charge is 0.450 e. The molecule has 0 aromatic carbocycles. The third-order valence-electron chi connectivity index (χ3n) is 1.81. The van der Waals surface area contributed by atoms with Gasteiger partial charge in [0.05, 0.1) is 0 Å². The molecule has 10 heavy (non-hydrogen) atoms. The molecule has 0 aliphatic heterocycles. The molecule has 0 saturated heterocycles. The van der Waals surface area contributed by atoms with Gasteiger partial charge in [0.2, 0.25) is 0 Å². The van der Waals surface area contributed by atoms with Crippen LogP contribution in [0.4, 0.5) is 0 Å². The maximum atomic E-state index is 5.46. The van der Waals surface area contributed by atoms with Crippen LogP contribution in [0.15, 0.2) is 15.9 Å². The van der Waals surface area contributed by atoms with Crippen molar-refractivity contribution < 1.29 is 4.42 Å². The van der Waals surface area contributed by atoms with E-state index >= 15 is 0 Å². The average Bonchev–Trinajstić information content (AvgIpc) is 2.41. The van der Waals surface area contributed by atoms with Crippen LogP contribution in [-0.4, -0.2) is 0 Å². The summed E-state index contributed by atoms with van der Waals surface area (Å²) in [5.41, 5.74) is 1.27. The summed E-state index contributed by atoms with van der Waals surface area (Å²) in [6, 6.07) is 2.10. The first-order valence-electron chi connectivity index (χ1n) is 3.22. The van der Waals surface area contributed by atoms with Gasteiger partial charge in [-0.05, 0) is 30.9 Å². The monoisotopic (exact) mass is 152 g/mol. The van der Waals surface area contributed by atoms with Crippen LogP contribution < -0.4 is 0 Å². The summed E-state index contributed by atoms with van der Waals surface area (Å²) in [5, 5.41) is 3.32. The second-order valence-corrected chi connectivity index (χ2v) is 3.28. The predicted molar refractivity (Wildman–Crippen MR) is 43.6 cm³/mol. The van der Waals surface area contributed by atoms with Gasteiger partial charge in [0.15, 0.2) is 4.90 Å². The first kappa shape index (κ1) is 5.98. The zero-order chi connectivity index (χ0) is 7.14. The van der Waals surface area contributed by atoms with E-state index in [0.29, 0.717) is 0 Å². The topological polar surface area (TPSA) is 13.1 Å². The molecule has 52 valence electrons. The summed E-state index contributed by atoms with van der Waals surface area (Å²) in [7, 11) is 0. The molecule has 2 aromatic rings. The Morgan fingerprint density at radius 3 is 2.90 bits per heavy atom. The van der Waals surface area contributed by atoms with Crippen LogP contribution in [0.25, 0.3) is 10.3 Å². The van der Waals surface area contributed by atoms with Crippen molar-refractivity contribution in [3.63, 3.8) is 0 Å². The third kappa shape index (κ3) is 0.625. The van der Waals surface area contributed by atoms with Gasteiger partial charge in [-0.3, -0.25) is 0 Å². The number of rotatable bonds is 0. The summed E-state index contributed by atoms with van der Waals surface area (Å²) in [4.78, 5) is 1.05. The van der Waals surface area contributed by atoms with Gasteiger partial charge in [-0.15, -0.1) is 11.3 Å². The van der Waals surface area contributed by atoms with E-state index in [1.165, 1.54) is 10.9 Å². The van der Waals surface area contributed by atoms with Crippen molar-refractivity contribution >= 4 is 21.6 Å². The first-order valence-corrected chi connectivity index (χ1v) is 4.10. The summed E-state index contributed by atoms with van der Waals surface area (Å²) in [5.74, 6) is 1.04. The van der Waals surface area contributed by atoms with Crippen molar-refractivity contribution in [3.8, 4) is 0 Å². The average molecular weight is 152 g/mol. The third-order valence-corrected chi connectivity index (χ3v) is 2.60. The summed E-state index contributed by atoms with van der Waals surface area (Å²) in [6.45, 7) is 4.09. The normalized spacial score (nSPS) is 11.0. The highest BCUT2D eigenvalue weighted by molar-refractivity contribution is 7.16. The van der Waals surface area contributed by atoms with Crippen molar-refractivity contribution in [2.45, 2.75) is 13.8 Å². The molecule has 0 N–H and O–H groups in total. The molecular weight excluding hydrogens is 144 g/mol. The van der Waals surface area contributed by atoms with Crippen LogP contribution in [0.2, 0.25) is 0 Å². The quantitative estimate of drug-likeness (QED) is 0.565. The van der Waals surface area contributed by atoms with Crippen LogP contribution in [0.5, 0.6) is 0 Å². The Morgan fingerprint density at radius 2 is 2.20 bits per heavy atom. The molecule has 1 nitrogen and oxygen atoms in total. The van der Waals surface area contributed by atoms with Crippen LogP contribution in [-0.2, 0) is 0 Å². The number of hydrogen-bond donors (Lipinski definition) is 0. The highest BCUT2D eigenvalue weighted by Crippen LogP contribution is 2.28. The minimum absolute atomic E-state index is 1.04. The molecule has 0 bridgehead atoms. The van der Waals surface area contributed by atoms with E-state index in [-0.39, 0.29) is 0 Å². The SMILES string of the molecule is Cc1oc2sccc2c1C. The van der Waals surface area contributed by atoms with Crippen LogP contribution in [0, 0.1) is 13.8 Å². The maximum absolute atomic E-state index is 5.46. The molecule has 0 fully saturated rings. The Kier molecular flexibility index (Phi) is 1.11. The minimum Gasteiger partial charge on any atom is -0.450 e. The lowest BCUT2D eigenvalue weighted by Gasteiger charge is -1.82. The van der Waals surface area contributed by atoms with Crippen molar-refractivity contribution in [1.29, 1.82) is 0 Å². The predicted octanol–water partition coefficient (Wildman–Crippen LogP) is 3.11. The smallest absolute Gasteiger partial charge is 0.188 e. The molecule has 0 spiro atoms. The molecule has 0 aliphatic carbocycles.